The first kappa shape index (κ1) is 16.6. The molecule has 0 aliphatic carbocycles. The van der Waals surface area contributed by atoms with Gasteiger partial charge in [-0.25, -0.2) is 8.42 Å². The molecule has 120 valence electrons. The lowest BCUT2D eigenvalue weighted by Gasteiger charge is -2.29. The predicted octanol–water partition coefficient (Wildman–Crippen LogP) is 1.76. The van der Waals surface area contributed by atoms with E-state index in [2.05, 4.69) is 0 Å². The van der Waals surface area contributed by atoms with E-state index in [0.717, 1.165) is 0 Å². The first-order valence-corrected chi connectivity index (χ1v) is 8.66. The van der Waals surface area contributed by atoms with Crippen LogP contribution in [0.3, 0.4) is 0 Å². The Hall–Kier alpha value is -1.73. The number of carbonyl (C=O) groups excluding carboxylic acids is 1. The Morgan fingerprint density at radius 2 is 1.91 bits per heavy atom. The summed E-state index contributed by atoms with van der Waals surface area (Å²) in [4.78, 5) is 22.7. The molecule has 1 aromatic carbocycles. The Morgan fingerprint density at radius 3 is 2.45 bits per heavy atom. The maximum Gasteiger partial charge on any atom is 0.306 e. The van der Waals surface area contributed by atoms with E-state index in [4.69, 9.17) is 5.11 Å². The van der Waals surface area contributed by atoms with Crippen LogP contribution in [0.4, 0.5) is 0 Å². The average Bonchev–Trinajstić information content (AvgIpc) is 2.54. The average molecular weight is 325 g/mol. The van der Waals surface area contributed by atoms with Gasteiger partial charge in [-0.1, -0.05) is 19.1 Å². The topological polar surface area (TPSA) is 91.8 Å². The molecule has 0 atom stereocenters. The third-order valence-corrected chi connectivity index (χ3v) is 5.81. The summed E-state index contributed by atoms with van der Waals surface area (Å²) in [7, 11) is -3.69. The van der Waals surface area contributed by atoms with Gasteiger partial charge in [0, 0.05) is 25.1 Å². The SMILES string of the molecule is CCC(=O)c1cccc(S(=O)(=O)N2CCC(C(=O)O)CC2)c1. The fraction of sp³-hybridized carbons (Fsp3) is 0.467. The van der Waals surface area contributed by atoms with Crippen LogP contribution in [-0.2, 0) is 14.8 Å². The zero-order valence-electron chi connectivity index (χ0n) is 12.4. The number of piperidine rings is 1. The lowest BCUT2D eigenvalue weighted by Crippen LogP contribution is -2.40. The second-order valence-electron chi connectivity index (χ2n) is 5.32. The number of sulfonamides is 1. The molecule has 0 aromatic heterocycles. The molecule has 7 heteroatoms. The molecule has 1 heterocycles. The van der Waals surface area contributed by atoms with Crippen molar-refractivity contribution >= 4 is 21.8 Å². The van der Waals surface area contributed by atoms with Crippen molar-refractivity contribution in [3.63, 3.8) is 0 Å². The number of Topliss-reactive ketones (excluding diaryl/α,β-unsaturated/α-hetero) is 1. The third kappa shape index (κ3) is 3.36. The zero-order valence-corrected chi connectivity index (χ0v) is 13.2. The molecular formula is C15H19NO5S. The van der Waals surface area contributed by atoms with E-state index in [9.17, 15) is 18.0 Å². The Balaban J connectivity index is 2.21. The maximum absolute atomic E-state index is 12.6. The molecule has 1 saturated heterocycles. The first-order chi connectivity index (χ1) is 10.4. The van der Waals surface area contributed by atoms with E-state index >= 15 is 0 Å². The molecule has 6 nitrogen and oxygen atoms in total. The van der Waals surface area contributed by atoms with Crippen molar-refractivity contribution in [1.82, 2.24) is 4.31 Å². The summed E-state index contributed by atoms with van der Waals surface area (Å²) < 4.78 is 26.5. The Kier molecular flexibility index (Phi) is 4.97. The molecule has 0 bridgehead atoms. The number of benzene rings is 1. The third-order valence-electron chi connectivity index (χ3n) is 3.92. The highest BCUT2D eigenvalue weighted by atomic mass is 32.2. The van der Waals surface area contributed by atoms with Gasteiger partial charge < -0.3 is 5.11 Å². The minimum absolute atomic E-state index is 0.0839. The zero-order chi connectivity index (χ0) is 16.3. The van der Waals surface area contributed by atoms with Crippen LogP contribution in [0.1, 0.15) is 36.5 Å². The van der Waals surface area contributed by atoms with Crippen molar-refractivity contribution < 1.29 is 23.1 Å². The van der Waals surface area contributed by atoms with Gasteiger partial charge >= 0.3 is 5.97 Å². The quantitative estimate of drug-likeness (QED) is 0.833. The van der Waals surface area contributed by atoms with Crippen LogP contribution in [0.5, 0.6) is 0 Å². The van der Waals surface area contributed by atoms with E-state index < -0.39 is 21.9 Å². The fourth-order valence-electron chi connectivity index (χ4n) is 2.53. The lowest BCUT2D eigenvalue weighted by atomic mass is 9.99. The van der Waals surface area contributed by atoms with Gasteiger partial charge in [0.25, 0.3) is 0 Å². The minimum Gasteiger partial charge on any atom is -0.481 e. The summed E-state index contributed by atoms with van der Waals surface area (Å²) >= 11 is 0. The van der Waals surface area contributed by atoms with Crippen molar-refractivity contribution in [3.05, 3.63) is 29.8 Å². The Bertz CT molecular complexity index is 675. The largest absolute Gasteiger partial charge is 0.481 e. The van der Waals surface area contributed by atoms with E-state index in [0.29, 0.717) is 24.8 Å². The van der Waals surface area contributed by atoms with Crippen molar-refractivity contribution in [2.75, 3.05) is 13.1 Å². The van der Waals surface area contributed by atoms with E-state index in [1.165, 1.54) is 16.4 Å². The van der Waals surface area contributed by atoms with Crippen LogP contribution >= 0.6 is 0 Å². The predicted molar refractivity (Wildman–Crippen MR) is 80.2 cm³/mol. The van der Waals surface area contributed by atoms with Gasteiger partial charge in [-0.15, -0.1) is 0 Å². The molecule has 0 spiro atoms. The number of hydrogen-bond acceptors (Lipinski definition) is 4. The number of carboxylic acids is 1. The highest BCUT2D eigenvalue weighted by molar-refractivity contribution is 7.89. The highest BCUT2D eigenvalue weighted by Gasteiger charge is 2.32. The molecule has 2 rings (SSSR count). The number of hydrogen-bond donors (Lipinski definition) is 1. The van der Waals surface area contributed by atoms with Crippen molar-refractivity contribution in [2.45, 2.75) is 31.1 Å². The Morgan fingerprint density at radius 1 is 1.27 bits per heavy atom. The molecule has 1 N–H and O–H groups in total. The van der Waals surface area contributed by atoms with E-state index in [-0.39, 0.29) is 23.8 Å². The van der Waals surface area contributed by atoms with Gasteiger partial charge in [0.05, 0.1) is 10.8 Å². The van der Waals surface area contributed by atoms with Crippen LogP contribution in [0.15, 0.2) is 29.2 Å². The molecule has 22 heavy (non-hydrogen) atoms. The number of carboxylic acid groups (broad SMARTS) is 1. The number of rotatable bonds is 5. The summed E-state index contributed by atoms with van der Waals surface area (Å²) in [5.41, 5.74) is 0.379. The first-order valence-electron chi connectivity index (χ1n) is 7.22. The number of carbonyl (C=O) groups is 2. The molecule has 0 radical (unpaired) electrons. The van der Waals surface area contributed by atoms with Crippen LogP contribution in [0, 0.1) is 5.92 Å². The molecule has 1 aliphatic heterocycles. The van der Waals surface area contributed by atoms with Crippen LogP contribution in [-0.4, -0.2) is 42.7 Å². The molecule has 0 amide bonds. The monoisotopic (exact) mass is 325 g/mol. The summed E-state index contributed by atoms with van der Waals surface area (Å²) in [5.74, 6) is -1.48. The Labute approximate surface area is 129 Å². The number of ketones is 1. The van der Waals surface area contributed by atoms with Crippen molar-refractivity contribution in [3.8, 4) is 0 Å². The highest BCUT2D eigenvalue weighted by Crippen LogP contribution is 2.24. The van der Waals surface area contributed by atoms with Gasteiger partial charge in [0.15, 0.2) is 5.78 Å². The maximum atomic E-state index is 12.6. The van der Waals surface area contributed by atoms with Gasteiger partial charge in [0.2, 0.25) is 10.0 Å². The van der Waals surface area contributed by atoms with E-state index in [1.54, 1.807) is 19.1 Å². The van der Waals surface area contributed by atoms with Crippen LogP contribution in [0.25, 0.3) is 0 Å². The summed E-state index contributed by atoms with van der Waals surface area (Å²) in [6.45, 7) is 2.09. The summed E-state index contributed by atoms with van der Waals surface area (Å²) in [5, 5.41) is 8.96. The smallest absolute Gasteiger partial charge is 0.306 e. The summed E-state index contributed by atoms with van der Waals surface area (Å²) in [6.07, 6.45) is 0.928. The molecule has 1 aromatic rings. The van der Waals surface area contributed by atoms with Crippen molar-refractivity contribution in [1.29, 1.82) is 0 Å². The second-order valence-corrected chi connectivity index (χ2v) is 7.26. The minimum atomic E-state index is -3.69. The van der Waals surface area contributed by atoms with Gasteiger partial charge in [-0.2, -0.15) is 4.31 Å². The number of aliphatic carboxylic acids is 1. The molecule has 0 unspecified atom stereocenters. The number of nitrogens with zero attached hydrogens (tertiary/aromatic N) is 1. The molecule has 1 aliphatic rings. The van der Waals surface area contributed by atoms with Gasteiger partial charge in [0.1, 0.15) is 0 Å². The van der Waals surface area contributed by atoms with E-state index in [1.807, 2.05) is 0 Å². The van der Waals surface area contributed by atoms with Gasteiger partial charge in [-0.3, -0.25) is 9.59 Å². The van der Waals surface area contributed by atoms with Crippen molar-refractivity contribution in [2.24, 2.45) is 5.92 Å². The summed E-state index contributed by atoms with van der Waals surface area (Å²) in [6, 6.07) is 6.01. The van der Waals surface area contributed by atoms with Crippen LogP contribution < -0.4 is 0 Å². The standard InChI is InChI=1S/C15H19NO5S/c1-2-14(17)12-4-3-5-13(10-12)22(20,21)16-8-6-11(7-9-16)15(18)19/h3-5,10-11H,2,6-9H2,1H3,(H,18,19). The van der Waals surface area contributed by atoms with Gasteiger partial charge in [-0.05, 0) is 25.0 Å². The molecule has 0 saturated carbocycles. The fourth-order valence-corrected chi connectivity index (χ4v) is 4.04. The lowest BCUT2D eigenvalue weighted by molar-refractivity contribution is -0.142. The normalized spacial score (nSPS) is 17.3. The van der Waals surface area contributed by atoms with Crippen LogP contribution in [0.2, 0.25) is 0 Å². The molecule has 1 fully saturated rings. The molecular weight excluding hydrogens is 306 g/mol. The second kappa shape index (κ2) is 6.58.